The summed E-state index contributed by atoms with van der Waals surface area (Å²) in [4.78, 5) is 25.7. The number of nitrogens with zero attached hydrogens (tertiary/aromatic N) is 2. The predicted octanol–water partition coefficient (Wildman–Crippen LogP) is 1.04. The van der Waals surface area contributed by atoms with Crippen molar-refractivity contribution in [3.8, 4) is 0 Å². The van der Waals surface area contributed by atoms with Crippen molar-refractivity contribution in [1.82, 2.24) is 20.4 Å². The van der Waals surface area contributed by atoms with Crippen LogP contribution in [-0.4, -0.2) is 47.0 Å². The molecule has 1 aliphatic heterocycles. The maximum atomic E-state index is 13.1. The molecule has 7 nitrogen and oxygen atoms in total. The van der Waals surface area contributed by atoms with Crippen molar-refractivity contribution in [1.29, 1.82) is 0 Å². The Morgan fingerprint density at radius 1 is 1.28 bits per heavy atom. The van der Waals surface area contributed by atoms with E-state index in [0.717, 1.165) is 36.4 Å². The number of aromatic amines is 1. The number of carbonyl (C=O) groups excluding carboxylic acids is 2. The summed E-state index contributed by atoms with van der Waals surface area (Å²) in [5.41, 5.74) is 1.98. The second kappa shape index (κ2) is 6.98. The van der Waals surface area contributed by atoms with Gasteiger partial charge in [-0.05, 0) is 12.1 Å². The lowest BCUT2D eigenvalue weighted by atomic mass is 10.1. The van der Waals surface area contributed by atoms with Gasteiger partial charge in [-0.1, -0.05) is 0 Å². The monoisotopic (exact) mass is 349 g/mol. The van der Waals surface area contributed by atoms with Crippen molar-refractivity contribution >= 4 is 17.5 Å². The highest BCUT2D eigenvalue weighted by molar-refractivity contribution is 5.99. The lowest BCUT2D eigenvalue weighted by Gasteiger charge is -2.18. The third-order valence-electron chi connectivity index (χ3n) is 3.88. The number of hydrogen-bond acceptors (Lipinski definition) is 4. The quantitative estimate of drug-likeness (QED) is 0.769. The average Bonchev–Trinajstić information content (AvgIpc) is 2.96. The van der Waals surface area contributed by atoms with Crippen LogP contribution in [0.4, 0.5) is 14.5 Å². The third kappa shape index (κ3) is 3.82. The van der Waals surface area contributed by atoms with E-state index in [1.165, 1.54) is 11.9 Å². The summed E-state index contributed by atoms with van der Waals surface area (Å²) >= 11 is 0. The lowest BCUT2D eigenvalue weighted by Crippen LogP contribution is -2.36. The second-order valence-corrected chi connectivity index (χ2v) is 5.82. The van der Waals surface area contributed by atoms with Crippen LogP contribution >= 0.6 is 0 Å². The highest BCUT2D eigenvalue weighted by Crippen LogP contribution is 2.17. The van der Waals surface area contributed by atoms with Crippen molar-refractivity contribution in [2.24, 2.45) is 0 Å². The molecule has 2 aromatic rings. The van der Waals surface area contributed by atoms with Gasteiger partial charge in [0.1, 0.15) is 11.6 Å². The van der Waals surface area contributed by atoms with E-state index in [1.807, 2.05) is 0 Å². The van der Waals surface area contributed by atoms with Crippen LogP contribution in [0, 0.1) is 11.6 Å². The Hall–Kier alpha value is -2.81. The largest absolute Gasteiger partial charge is 0.331 e. The van der Waals surface area contributed by atoms with Gasteiger partial charge in [-0.25, -0.2) is 8.78 Å². The van der Waals surface area contributed by atoms with Crippen LogP contribution in [0.25, 0.3) is 0 Å². The van der Waals surface area contributed by atoms with Crippen LogP contribution in [-0.2, 0) is 17.8 Å². The predicted molar refractivity (Wildman–Crippen MR) is 85.9 cm³/mol. The van der Waals surface area contributed by atoms with Gasteiger partial charge in [0.05, 0.1) is 6.54 Å². The molecule has 0 unspecified atom stereocenters. The van der Waals surface area contributed by atoms with E-state index in [-0.39, 0.29) is 17.9 Å². The first kappa shape index (κ1) is 17.0. The van der Waals surface area contributed by atoms with Crippen LogP contribution in [0.2, 0.25) is 0 Å². The van der Waals surface area contributed by atoms with Crippen LogP contribution < -0.4 is 10.6 Å². The number of nitrogens with one attached hydrogen (secondary N) is 3. The molecule has 0 atom stereocenters. The van der Waals surface area contributed by atoms with Crippen LogP contribution in [0.3, 0.4) is 0 Å². The zero-order valence-corrected chi connectivity index (χ0v) is 13.5. The smallest absolute Gasteiger partial charge is 0.274 e. The van der Waals surface area contributed by atoms with Gasteiger partial charge in [-0.3, -0.25) is 14.7 Å². The number of fused-ring (bicyclic) bond motifs is 1. The topological polar surface area (TPSA) is 90.1 Å². The Morgan fingerprint density at radius 3 is 2.72 bits per heavy atom. The molecule has 25 heavy (non-hydrogen) atoms. The van der Waals surface area contributed by atoms with Gasteiger partial charge in [0.2, 0.25) is 5.91 Å². The number of rotatable bonds is 4. The average molecular weight is 349 g/mol. The first-order chi connectivity index (χ1) is 11.9. The van der Waals surface area contributed by atoms with Gasteiger partial charge in [0.15, 0.2) is 5.69 Å². The minimum atomic E-state index is -0.796. The first-order valence-electron chi connectivity index (χ1n) is 7.72. The number of anilines is 1. The molecule has 0 bridgehead atoms. The van der Waals surface area contributed by atoms with E-state index in [9.17, 15) is 18.4 Å². The molecule has 0 radical (unpaired) electrons. The Bertz CT molecular complexity index is 801. The van der Waals surface area contributed by atoms with E-state index >= 15 is 0 Å². The Balaban J connectivity index is 1.65. The Labute approximate surface area is 142 Å². The Kier molecular flexibility index (Phi) is 4.75. The summed E-state index contributed by atoms with van der Waals surface area (Å²) in [5.74, 6) is -2.56. The zero-order valence-electron chi connectivity index (χ0n) is 13.5. The zero-order chi connectivity index (χ0) is 18.0. The minimum absolute atomic E-state index is 0.00954. The summed E-state index contributed by atoms with van der Waals surface area (Å²) in [6, 6.07) is 2.71. The normalized spacial score (nSPS) is 13.2. The lowest BCUT2D eigenvalue weighted by molar-refractivity contribution is -0.116. The van der Waals surface area contributed by atoms with Crippen LogP contribution in [0.1, 0.15) is 21.7 Å². The SMILES string of the molecule is CN(CC(=O)Nc1cc(F)cc(F)c1)C(=O)c1n[nH]c2c1CNCC2. The highest BCUT2D eigenvalue weighted by atomic mass is 19.1. The molecule has 0 fully saturated rings. The molecule has 1 aliphatic rings. The maximum absolute atomic E-state index is 13.1. The molecule has 1 aromatic carbocycles. The van der Waals surface area contributed by atoms with Crippen molar-refractivity contribution in [3.63, 3.8) is 0 Å². The van der Waals surface area contributed by atoms with Gasteiger partial charge in [-0.15, -0.1) is 0 Å². The number of hydrogen-bond donors (Lipinski definition) is 3. The molecular weight excluding hydrogens is 332 g/mol. The molecule has 0 saturated carbocycles. The number of halogens is 2. The molecule has 2 amide bonds. The summed E-state index contributed by atoms with van der Waals surface area (Å²) in [6.07, 6.45) is 0.755. The number of H-pyrrole nitrogens is 1. The summed E-state index contributed by atoms with van der Waals surface area (Å²) in [7, 11) is 1.46. The summed E-state index contributed by atoms with van der Waals surface area (Å²) < 4.78 is 26.3. The first-order valence-corrected chi connectivity index (χ1v) is 7.72. The van der Waals surface area contributed by atoms with Gasteiger partial charge in [0.25, 0.3) is 5.91 Å². The number of carbonyl (C=O) groups is 2. The molecule has 9 heteroatoms. The molecule has 3 N–H and O–H groups in total. The number of benzene rings is 1. The molecule has 3 rings (SSSR count). The van der Waals surface area contributed by atoms with Gasteiger partial charge in [0, 0.05) is 49.6 Å². The molecule has 2 heterocycles. The minimum Gasteiger partial charge on any atom is -0.331 e. The number of aromatic nitrogens is 2. The van der Waals surface area contributed by atoms with E-state index in [1.54, 1.807) is 0 Å². The summed E-state index contributed by atoms with van der Waals surface area (Å²) in [5, 5.41) is 12.4. The number of amides is 2. The van der Waals surface area contributed by atoms with Gasteiger partial charge >= 0.3 is 0 Å². The van der Waals surface area contributed by atoms with Crippen molar-refractivity contribution in [3.05, 3.63) is 46.8 Å². The molecule has 1 aromatic heterocycles. The fourth-order valence-corrected chi connectivity index (χ4v) is 2.70. The fraction of sp³-hybridized carbons (Fsp3) is 0.312. The molecule has 0 saturated heterocycles. The standard InChI is InChI=1S/C16H17F2N5O2/c1-23(8-14(24)20-11-5-9(17)4-10(18)6-11)16(25)15-12-7-19-3-2-13(12)21-22-15/h4-6,19H,2-3,7-8H2,1H3,(H,20,24)(H,21,22). The maximum Gasteiger partial charge on any atom is 0.274 e. The molecule has 0 spiro atoms. The van der Waals surface area contributed by atoms with Gasteiger partial charge < -0.3 is 15.5 Å². The van der Waals surface area contributed by atoms with E-state index < -0.39 is 23.4 Å². The molecular formula is C16H17F2N5O2. The highest BCUT2D eigenvalue weighted by Gasteiger charge is 2.24. The molecule has 0 aliphatic carbocycles. The molecule has 132 valence electrons. The van der Waals surface area contributed by atoms with Gasteiger partial charge in [-0.2, -0.15) is 5.10 Å². The Morgan fingerprint density at radius 2 is 2.00 bits per heavy atom. The van der Waals surface area contributed by atoms with Crippen LogP contribution in [0.15, 0.2) is 18.2 Å². The van der Waals surface area contributed by atoms with E-state index in [0.29, 0.717) is 12.6 Å². The van der Waals surface area contributed by atoms with E-state index in [4.69, 9.17) is 0 Å². The summed E-state index contributed by atoms with van der Waals surface area (Å²) in [6.45, 7) is 1.08. The fourth-order valence-electron chi connectivity index (χ4n) is 2.70. The van der Waals surface area contributed by atoms with Crippen LogP contribution in [0.5, 0.6) is 0 Å². The van der Waals surface area contributed by atoms with E-state index in [2.05, 4.69) is 20.8 Å². The van der Waals surface area contributed by atoms with Crippen molar-refractivity contribution < 1.29 is 18.4 Å². The van der Waals surface area contributed by atoms with Crippen molar-refractivity contribution in [2.45, 2.75) is 13.0 Å². The number of likely N-dealkylation sites (N-methyl/N-ethyl adjacent to an activating group) is 1. The van der Waals surface area contributed by atoms with Crippen molar-refractivity contribution in [2.75, 3.05) is 25.5 Å². The third-order valence-corrected chi connectivity index (χ3v) is 3.88. The second-order valence-electron chi connectivity index (χ2n) is 5.82.